The van der Waals surface area contributed by atoms with Crippen LogP contribution >= 0.6 is 0 Å². The van der Waals surface area contributed by atoms with E-state index in [-0.39, 0.29) is 40.6 Å². The van der Waals surface area contributed by atoms with Crippen LogP contribution in [0.1, 0.15) is 64.8 Å². The monoisotopic (exact) mass is 677 g/mol. The van der Waals surface area contributed by atoms with Crippen LogP contribution in [0.5, 0.6) is 0 Å². The fraction of sp³-hybridized carbons (Fsp3) is 0.303. The van der Waals surface area contributed by atoms with Crippen molar-refractivity contribution in [1.82, 2.24) is 15.0 Å². The molecule has 1 aromatic heterocycles. The summed E-state index contributed by atoms with van der Waals surface area (Å²) in [5.74, 6) is -2.40. The summed E-state index contributed by atoms with van der Waals surface area (Å²) in [5, 5.41) is 3.25. The summed E-state index contributed by atoms with van der Waals surface area (Å²) in [5.41, 5.74) is -1.53. The second-order valence-electron chi connectivity index (χ2n) is 11.3. The Morgan fingerprint density at radius 1 is 0.894 bits per heavy atom. The number of hydrogen-bond acceptors (Lipinski definition) is 5. The number of benzene rings is 3. The molecule has 2 amide bonds. The van der Waals surface area contributed by atoms with Gasteiger partial charge < -0.3 is 5.32 Å². The van der Waals surface area contributed by atoms with Crippen molar-refractivity contribution in [3.05, 3.63) is 101 Å². The van der Waals surface area contributed by atoms with Gasteiger partial charge in [0.2, 0.25) is 15.9 Å². The van der Waals surface area contributed by atoms with Crippen LogP contribution in [-0.4, -0.2) is 31.0 Å². The third-order valence-electron chi connectivity index (χ3n) is 8.00. The van der Waals surface area contributed by atoms with Crippen LogP contribution in [0.2, 0.25) is 0 Å². The molecule has 14 heteroatoms. The maximum Gasteiger partial charge on any atom is 0.416 e. The Balaban J connectivity index is 1.43. The van der Waals surface area contributed by atoms with E-state index in [1.807, 2.05) is 19.1 Å². The Bertz CT molecular complexity index is 1910. The number of halogens is 6. The van der Waals surface area contributed by atoms with Crippen molar-refractivity contribution >= 4 is 32.7 Å². The normalized spacial score (nSPS) is 16.8. The van der Waals surface area contributed by atoms with Gasteiger partial charge in [0.1, 0.15) is 0 Å². The number of nitrogens with one attached hydrogen (secondary N) is 2. The van der Waals surface area contributed by atoms with Gasteiger partial charge in [0.05, 0.1) is 40.1 Å². The van der Waals surface area contributed by atoms with E-state index in [9.17, 15) is 44.3 Å². The average molecular weight is 678 g/mol. The van der Waals surface area contributed by atoms with Gasteiger partial charge in [-0.3, -0.25) is 14.3 Å². The number of hydrogen-bond donors (Lipinski definition) is 2. The quantitative estimate of drug-likeness (QED) is 0.192. The molecule has 1 unspecified atom stereocenters. The van der Waals surface area contributed by atoms with Gasteiger partial charge in [0.15, 0.2) is 0 Å². The second kappa shape index (κ2) is 13.0. The molecule has 1 aliphatic carbocycles. The van der Waals surface area contributed by atoms with E-state index in [1.54, 1.807) is 12.1 Å². The Hall–Kier alpha value is -4.46. The van der Waals surface area contributed by atoms with Crippen LogP contribution in [0.3, 0.4) is 0 Å². The lowest BCUT2D eigenvalue weighted by molar-refractivity contribution is -0.143. The van der Waals surface area contributed by atoms with E-state index < -0.39 is 57.3 Å². The lowest BCUT2D eigenvalue weighted by Crippen LogP contribution is -2.45. The van der Waals surface area contributed by atoms with Gasteiger partial charge >= 0.3 is 12.4 Å². The summed E-state index contributed by atoms with van der Waals surface area (Å²) >= 11 is 0. The minimum absolute atomic E-state index is 0.0414. The molecule has 5 rings (SSSR count). The largest absolute Gasteiger partial charge is 0.416 e. The predicted octanol–water partition coefficient (Wildman–Crippen LogP) is 7.22. The zero-order valence-corrected chi connectivity index (χ0v) is 25.7. The molecule has 2 atom stereocenters. The Morgan fingerprint density at radius 2 is 1.57 bits per heavy atom. The first-order valence-corrected chi connectivity index (χ1v) is 16.3. The van der Waals surface area contributed by atoms with E-state index in [1.165, 1.54) is 30.3 Å². The molecule has 7 nitrogen and oxygen atoms in total. The van der Waals surface area contributed by atoms with Gasteiger partial charge in [0, 0.05) is 16.5 Å². The molecule has 0 saturated heterocycles. The van der Waals surface area contributed by atoms with Crippen LogP contribution in [0.4, 0.5) is 26.3 Å². The number of pyridine rings is 1. The number of amides is 2. The Kier molecular flexibility index (Phi) is 9.36. The Labute approximate surface area is 266 Å². The van der Waals surface area contributed by atoms with Crippen LogP contribution in [-0.2, 0) is 33.6 Å². The lowest BCUT2D eigenvalue weighted by atomic mass is 9.79. The van der Waals surface area contributed by atoms with E-state index >= 15 is 0 Å². The highest BCUT2D eigenvalue weighted by Gasteiger charge is 2.38. The number of nitrogens with zero attached hydrogens (tertiary/aromatic N) is 1. The zero-order valence-electron chi connectivity index (χ0n) is 24.9. The average Bonchev–Trinajstić information content (AvgIpc) is 3.02. The number of rotatable bonds is 8. The first-order valence-electron chi connectivity index (χ1n) is 14.7. The van der Waals surface area contributed by atoms with Gasteiger partial charge in [-0.2, -0.15) is 26.3 Å². The highest BCUT2D eigenvalue weighted by Crippen LogP contribution is 2.39. The fourth-order valence-corrected chi connectivity index (χ4v) is 6.82. The van der Waals surface area contributed by atoms with Gasteiger partial charge in [-0.15, -0.1) is 0 Å². The molecule has 2 N–H and O–H groups in total. The summed E-state index contributed by atoms with van der Waals surface area (Å²) in [6.07, 6.45) is -8.25. The number of carbonyl (C=O) groups excluding carboxylic acids is 2. The van der Waals surface area contributed by atoms with E-state index in [4.69, 9.17) is 0 Å². The third-order valence-corrected chi connectivity index (χ3v) is 9.34. The van der Waals surface area contributed by atoms with Gasteiger partial charge in [-0.25, -0.2) is 13.4 Å². The number of carbonyl (C=O) groups is 2. The molecule has 0 radical (unpaired) electrons. The van der Waals surface area contributed by atoms with Crippen LogP contribution < -0.4 is 10.0 Å². The minimum Gasteiger partial charge on any atom is -0.344 e. The highest BCUT2D eigenvalue weighted by atomic mass is 32.2. The summed E-state index contributed by atoms with van der Waals surface area (Å²) < 4.78 is 107. The van der Waals surface area contributed by atoms with Crippen LogP contribution in [0.15, 0.2) is 72.8 Å². The Morgan fingerprint density at radius 3 is 2.23 bits per heavy atom. The van der Waals surface area contributed by atoms with Gasteiger partial charge in [0.25, 0.3) is 5.91 Å². The molecule has 1 heterocycles. The van der Waals surface area contributed by atoms with Crippen molar-refractivity contribution in [2.45, 2.75) is 51.0 Å². The van der Waals surface area contributed by atoms with E-state index in [2.05, 4.69) is 15.0 Å². The summed E-state index contributed by atoms with van der Waals surface area (Å²) in [6, 6.07) is 14.5. The molecule has 0 bridgehead atoms. The van der Waals surface area contributed by atoms with Crippen LogP contribution in [0, 0.1) is 5.92 Å². The maximum atomic E-state index is 13.5. The third kappa shape index (κ3) is 7.75. The smallest absolute Gasteiger partial charge is 0.344 e. The molecule has 0 aliphatic heterocycles. The standard InChI is InChI=1S/C33H29F6N3O4S/c1-2-3-14-47(45,46)42-31(44)26-11-8-19-6-4-5-7-25(19)29(26)41-30(43)21-10-13-27-20(15-21)9-12-28(40-27)22-16-23(32(34,35)36)18-24(17-22)33(37,38)39/h4-7,9-10,12-13,15-18,26,29H,2-3,8,11,14H2,1H3,(H,41,43)(H,42,44)/t26?,29-/m0/s1. The molecular formula is C33H29F6N3O4S. The van der Waals surface area contributed by atoms with E-state index in [0.717, 1.165) is 5.56 Å². The fourth-order valence-electron chi connectivity index (χ4n) is 5.59. The maximum absolute atomic E-state index is 13.5. The van der Waals surface area contributed by atoms with Crippen molar-refractivity contribution in [2.75, 3.05) is 5.75 Å². The molecule has 47 heavy (non-hydrogen) atoms. The number of unbranched alkanes of at least 4 members (excludes halogenated alkanes) is 1. The number of aromatic nitrogens is 1. The molecule has 1 aliphatic rings. The molecule has 0 saturated carbocycles. The molecule has 3 aromatic carbocycles. The van der Waals surface area contributed by atoms with Crippen molar-refractivity contribution in [3.8, 4) is 11.3 Å². The van der Waals surface area contributed by atoms with Gasteiger partial charge in [-0.1, -0.05) is 43.7 Å². The number of sulfonamides is 1. The first kappa shape index (κ1) is 33.9. The van der Waals surface area contributed by atoms with Crippen molar-refractivity contribution in [1.29, 1.82) is 0 Å². The minimum atomic E-state index is -5.02. The topological polar surface area (TPSA) is 105 Å². The molecule has 0 fully saturated rings. The molecule has 4 aromatic rings. The number of fused-ring (bicyclic) bond motifs is 2. The SMILES string of the molecule is CCCCS(=O)(=O)NC(=O)C1CCc2ccccc2[C@@H]1NC(=O)c1ccc2nc(-c3cc(C(F)(F)F)cc(C(F)(F)F)c3)ccc2c1. The molecule has 0 spiro atoms. The van der Waals surface area contributed by atoms with Crippen molar-refractivity contribution in [3.63, 3.8) is 0 Å². The summed E-state index contributed by atoms with van der Waals surface area (Å²) in [6.45, 7) is 1.83. The van der Waals surface area contributed by atoms with Gasteiger partial charge in [-0.05, 0) is 72.9 Å². The zero-order chi connectivity index (χ0) is 34.1. The van der Waals surface area contributed by atoms with E-state index in [0.29, 0.717) is 42.3 Å². The first-order chi connectivity index (χ1) is 22.1. The number of alkyl halides is 6. The highest BCUT2D eigenvalue weighted by molar-refractivity contribution is 7.90. The molecular weight excluding hydrogens is 648 g/mol. The van der Waals surface area contributed by atoms with Crippen molar-refractivity contribution in [2.24, 2.45) is 5.92 Å². The van der Waals surface area contributed by atoms with Crippen molar-refractivity contribution < 1.29 is 44.3 Å². The summed E-state index contributed by atoms with van der Waals surface area (Å²) in [4.78, 5) is 31.0. The molecule has 248 valence electrons. The lowest BCUT2D eigenvalue weighted by Gasteiger charge is -2.33. The summed E-state index contributed by atoms with van der Waals surface area (Å²) in [7, 11) is -3.87. The predicted molar refractivity (Wildman–Crippen MR) is 162 cm³/mol. The second-order valence-corrected chi connectivity index (χ2v) is 13.2. The number of aryl methyl sites for hydroxylation is 1. The van der Waals surface area contributed by atoms with Crippen LogP contribution in [0.25, 0.3) is 22.2 Å².